The van der Waals surface area contributed by atoms with Crippen LogP contribution in [0.25, 0.3) is 0 Å². The zero-order chi connectivity index (χ0) is 11.5. The van der Waals surface area contributed by atoms with E-state index in [0.29, 0.717) is 12.1 Å². The van der Waals surface area contributed by atoms with Crippen molar-refractivity contribution in [2.24, 2.45) is 7.05 Å². The first kappa shape index (κ1) is 10.5. The Morgan fingerprint density at radius 2 is 2.00 bits per heavy atom. The van der Waals surface area contributed by atoms with Gasteiger partial charge in [-0.2, -0.15) is 0 Å². The summed E-state index contributed by atoms with van der Waals surface area (Å²) in [5, 5.41) is 7.68. The fourth-order valence-electron chi connectivity index (χ4n) is 1.48. The summed E-state index contributed by atoms with van der Waals surface area (Å²) in [5.74, 6) is 0.0699. The minimum atomic E-state index is 0.0699. The van der Waals surface area contributed by atoms with E-state index in [4.69, 9.17) is 0 Å². The lowest BCUT2D eigenvalue weighted by Gasteiger charge is -1.98. The Labute approximate surface area is 93.9 Å². The second-order valence-corrected chi connectivity index (χ2v) is 3.85. The van der Waals surface area contributed by atoms with Crippen molar-refractivity contribution in [1.82, 2.24) is 15.0 Å². The molecule has 0 aliphatic carbocycles. The second-order valence-electron chi connectivity index (χ2n) is 3.85. The van der Waals surface area contributed by atoms with Gasteiger partial charge in [0.1, 0.15) is 0 Å². The molecule has 4 heteroatoms. The minimum absolute atomic E-state index is 0.0699. The molecule has 0 amide bonds. The van der Waals surface area contributed by atoms with Gasteiger partial charge in [0, 0.05) is 18.8 Å². The summed E-state index contributed by atoms with van der Waals surface area (Å²) < 4.78 is 1.59. The molecule has 2 rings (SSSR count). The van der Waals surface area contributed by atoms with Crippen LogP contribution < -0.4 is 0 Å². The zero-order valence-electron chi connectivity index (χ0n) is 9.34. The van der Waals surface area contributed by atoms with Crippen molar-refractivity contribution in [1.29, 1.82) is 0 Å². The van der Waals surface area contributed by atoms with Crippen LogP contribution in [0.2, 0.25) is 0 Å². The topological polar surface area (TPSA) is 47.8 Å². The highest BCUT2D eigenvalue weighted by Crippen LogP contribution is 2.07. The third-order valence-electron chi connectivity index (χ3n) is 2.37. The van der Waals surface area contributed by atoms with Crippen LogP contribution in [0, 0.1) is 6.92 Å². The molecule has 1 heterocycles. The number of nitrogens with zero attached hydrogens (tertiary/aromatic N) is 3. The monoisotopic (exact) mass is 215 g/mol. The molecule has 0 fully saturated rings. The maximum Gasteiger partial charge on any atom is 0.168 e. The molecule has 0 radical (unpaired) electrons. The average molecular weight is 215 g/mol. The Bertz CT molecular complexity index is 499. The average Bonchev–Trinajstić information content (AvgIpc) is 2.65. The number of aromatic nitrogens is 3. The van der Waals surface area contributed by atoms with E-state index in [9.17, 15) is 4.79 Å². The lowest BCUT2D eigenvalue weighted by Crippen LogP contribution is -2.03. The molecular formula is C12H13N3O. The molecular weight excluding hydrogens is 202 g/mol. The van der Waals surface area contributed by atoms with Gasteiger partial charge in [-0.25, -0.2) is 0 Å². The van der Waals surface area contributed by atoms with Crippen LogP contribution in [0.5, 0.6) is 0 Å². The Hall–Kier alpha value is -1.97. The smallest absolute Gasteiger partial charge is 0.168 e. The lowest BCUT2D eigenvalue weighted by atomic mass is 10.1. The molecule has 1 aromatic heterocycles. The van der Waals surface area contributed by atoms with E-state index < -0.39 is 0 Å². The molecule has 0 unspecified atom stereocenters. The van der Waals surface area contributed by atoms with Gasteiger partial charge in [0.15, 0.2) is 5.78 Å². The van der Waals surface area contributed by atoms with Crippen molar-refractivity contribution in [2.45, 2.75) is 13.3 Å². The van der Waals surface area contributed by atoms with Crippen LogP contribution >= 0.6 is 0 Å². The lowest BCUT2D eigenvalue weighted by molar-refractivity contribution is 0.0992. The van der Waals surface area contributed by atoms with Crippen molar-refractivity contribution in [3.8, 4) is 0 Å². The molecule has 1 aromatic carbocycles. The molecule has 2 aromatic rings. The highest BCUT2D eigenvalue weighted by molar-refractivity contribution is 5.97. The van der Waals surface area contributed by atoms with Gasteiger partial charge in [0.2, 0.25) is 0 Å². The fraction of sp³-hybridized carbons (Fsp3) is 0.250. The molecule has 0 aliphatic rings. The SMILES string of the molecule is Cc1ccc(C(=O)Cc2cn(C)nn2)cc1. The number of Topliss-reactive ketones (excluding diaryl/α,β-unsaturated/α-hetero) is 1. The largest absolute Gasteiger partial charge is 0.294 e. The number of benzene rings is 1. The highest BCUT2D eigenvalue weighted by atomic mass is 16.1. The second kappa shape index (κ2) is 4.26. The van der Waals surface area contributed by atoms with Crippen LogP contribution in [0.15, 0.2) is 30.5 Å². The van der Waals surface area contributed by atoms with Crippen LogP contribution in [0.4, 0.5) is 0 Å². The molecule has 0 atom stereocenters. The van der Waals surface area contributed by atoms with E-state index in [1.165, 1.54) is 0 Å². The van der Waals surface area contributed by atoms with Crippen molar-refractivity contribution in [2.75, 3.05) is 0 Å². The van der Waals surface area contributed by atoms with Crippen molar-refractivity contribution < 1.29 is 4.79 Å². The normalized spacial score (nSPS) is 10.4. The summed E-state index contributed by atoms with van der Waals surface area (Å²) in [6.07, 6.45) is 2.06. The number of hydrogen-bond donors (Lipinski definition) is 0. The van der Waals surface area contributed by atoms with Crippen molar-refractivity contribution in [3.05, 3.63) is 47.3 Å². The Morgan fingerprint density at radius 3 is 2.56 bits per heavy atom. The standard InChI is InChI=1S/C12H13N3O/c1-9-3-5-10(6-4-9)12(16)7-11-8-15(2)14-13-11/h3-6,8H,7H2,1-2H3. The number of carbonyl (C=O) groups excluding carboxylic acids is 1. The fourth-order valence-corrected chi connectivity index (χ4v) is 1.48. The molecule has 16 heavy (non-hydrogen) atoms. The number of rotatable bonds is 3. The van der Waals surface area contributed by atoms with Crippen LogP contribution in [-0.2, 0) is 13.5 Å². The maximum atomic E-state index is 11.9. The summed E-state index contributed by atoms with van der Waals surface area (Å²) in [5.41, 5.74) is 2.57. The minimum Gasteiger partial charge on any atom is -0.294 e. The maximum absolute atomic E-state index is 11.9. The van der Waals surface area contributed by atoms with Gasteiger partial charge >= 0.3 is 0 Å². The molecule has 0 N–H and O–H groups in total. The highest BCUT2D eigenvalue weighted by Gasteiger charge is 2.08. The Balaban J connectivity index is 2.11. The molecule has 0 spiro atoms. The van der Waals surface area contributed by atoms with Crippen LogP contribution in [0.3, 0.4) is 0 Å². The van der Waals surface area contributed by atoms with Crippen molar-refractivity contribution in [3.63, 3.8) is 0 Å². The van der Waals surface area contributed by atoms with E-state index >= 15 is 0 Å². The third-order valence-corrected chi connectivity index (χ3v) is 2.37. The Morgan fingerprint density at radius 1 is 1.31 bits per heavy atom. The summed E-state index contributed by atoms with van der Waals surface area (Å²) in [7, 11) is 1.78. The third kappa shape index (κ3) is 2.34. The summed E-state index contributed by atoms with van der Waals surface area (Å²) >= 11 is 0. The van der Waals surface area contributed by atoms with Crippen LogP contribution in [-0.4, -0.2) is 20.8 Å². The van der Waals surface area contributed by atoms with Crippen molar-refractivity contribution >= 4 is 5.78 Å². The molecule has 0 saturated heterocycles. The van der Waals surface area contributed by atoms with Gasteiger partial charge in [-0.1, -0.05) is 35.0 Å². The van der Waals surface area contributed by atoms with Gasteiger partial charge in [-0.3, -0.25) is 9.48 Å². The number of hydrogen-bond acceptors (Lipinski definition) is 3. The Kier molecular flexibility index (Phi) is 2.81. The first-order valence-corrected chi connectivity index (χ1v) is 5.10. The number of ketones is 1. The van der Waals surface area contributed by atoms with Gasteiger partial charge in [0.25, 0.3) is 0 Å². The number of carbonyl (C=O) groups is 1. The van der Waals surface area contributed by atoms with E-state index in [-0.39, 0.29) is 5.78 Å². The zero-order valence-corrected chi connectivity index (χ0v) is 9.34. The van der Waals surface area contributed by atoms with Crippen LogP contribution in [0.1, 0.15) is 21.6 Å². The van der Waals surface area contributed by atoms with Gasteiger partial charge < -0.3 is 0 Å². The molecule has 4 nitrogen and oxygen atoms in total. The van der Waals surface area contributed by atoms with Gasteiger partial charge in [-0.15, -0.1) is 5.10 Å². The first-order valence-electron chi connectivity index (χ1n) is 5.10. The molecule has 0 bridgehead atoms. The number of aryl methyl sites for hydroxylation is 2. The summed E-state index contributed by atoms with van der Waals surface area (Å²) in [6, 6.07) is 7.55. The van der Waals surface area contributed by atoms with E-state index in [2.05, 4.69) is 10.3 Å². The predicted molar refractivity (Wildman–Crippen MR) is 60.2 cm³/mol. The van der Waals surface area contributed by atoms with E-state index in [0.717, 1.165) is 11.1 Å². The van der Waals surface area contributed by atoms with E-state index in [1.54, 1.807) is 17.9 Å². The van der Waals surface area contributed by atoms with E-state index in [1.807, 2.05) is 31.2 Å². The molecule has 0 saturated carbocycles. The predicted octanol–water partition coefficient (Wildman–Crippen LogP) is 1.55. The summed E-state index contributed by atoms with van der Waals surface area (Å²) in [6.45, 7) is 2.00. The first-order chi connectivity index (χ1) is 7.65. The van der Waals surface area contributed by atoms with Gasteiger partial charge in [-0.05, 0) is 6.92 Å². The molecule has 82 valence electrons. The quantitative estimate of drug-likeness (QED) is 0.730. The summed E-state index contributed by atoms with van der Waals surface area (Å²) in [4.78, 5) is 11.9. The van der Waals surface area contributed by atoms with Gasteiger partial charge in [0.05, 0.1) is 12.1 Å². The molecule has 0 aliphatic heterocycles.